The Bertz CT molecular complexity index is 192. The molecule has 0 saturated carbocycles. The van der Waals surface area contributed by atoms with Gasteiger partial charge in [0.1, 0.15) is 6.61 Å². The van der Waals surface area contributed by atoms with E-state index in [4.69, 9.17) is 16.9 Å². The summed E-state index contributed by atoms with van der Waals surface area (Å²) in [5.41, 5.74) is 4.90. The van der Waals surface area contributed by atoms with Crippen LogP contribution in [0.2, 0.25) is 0 Å². The lowest BCUT2D eigenvalue weighted by Gasteiger charge is -2.22. The summed E-state index contributed by atoms with van der Waals surface area (Å²) in [6.07, 6.45) is 4.94. The molecule has 0 fully saturated rings. The molecule has 5 heteroatoms. The average Bonchev–Trinajstić information content (AvgIpc) is 2.12. The lowest BCUT2D eigenvalue weighted by molar-refractivity contribution is -0.0218. The van der Waals surface area contributed by atoms with Crippen molar-refractivity contribution in [3.05, 3.63) is 0 Å². The number of halogens is 2. The van der Waals surface area contributed by atoms with Gasteiger partial charge in [0, 0.05) is 6.54 Å². The second kappa shape index (κ2) is 6.71. The summed E-state index contributed by atoms with van der Waals surface area (Å²) in [6.45, 7) is -0.0226. The van der Waals surface area contributed by atoms with Gasteiger partial charge in [-0.25, -0.2) is 8.78 Å². The molecule has 3 nitrogen and oxygen atoms in total. The Kier molecular flexibility index (Phi) is 6.37. The van der Waals surface area contributed by atoms with Crippen LogP contribution in [-0.4, -0.2) is 50.7 Å². The fourth-order valence-electron chi connectivity index (χ4n) is 0.890. The molecule has 82 valence electrons. The van der Waals surface area contributed by atoms with Crippen molar-refractivity contribution in [1.29, 1.82) is 0 Å². The van der Waals surface area contributed by atoms with Gasteiger partial charge in [-0.05, 0) is 7.05 Å². The average molecular weight is 206 g/mol. The third-order valence-electron chi connectivity index (χ3n) is 1.60. The van der Waals surface area contributed by atoms with Gasteiger partial charge in [-0.3, -0.25) is 4.90 Å². The molecule has 0 saturated heterocycles. The maximum absolute atomic E-state index is 12.7. The summed E-state index contributed by atoms with van der Waals surface area (Å²) < 4.78 is 30.4. The zero-order chi connectivity index (χ0) is 11.0. The highest BCUT2D eigenvalue weighted by Gasteiger charge is 2.28. The maximum atomic E-state index is 12.7. The first-order valence-corrected chi connectivity index (χ1v) is 4.29. The van der Waals surface area contributed by atoms with Crippen LogP contribution < -0.4 is 5.73 Å². The standard InChI is InChI=1S/C9H16F2N2O/c1-3-5-14-6-4-13(2)8-9(10,11)7-12/h1H,4-8,12H2,2H3. The van der Waals surface area contributed by atoms with Gasteiger partial charge >= 0.3 is 0 Å². The molecule has 0 rings (SSSR count). The van der Waals surface area contributed by atoms with Crippen LogP contribution in [-0.2, 0) is 4.74 Å². The molecule has 0 amide bonds. The molecule has 2 N–H and O–H groups in total. The minimum atomic E-state index is -2.83. The fourth-order valence-corrected chi connectivity index (χ4v) is 0.890. The Morgan fingerprint density at radius 2 is 2.21 bits per heavy atom. The molecule has 0 heterocycles. The van der Waals surface area contributed by atoms with E-state index in [9.17, 15) is 8.78 Å². The number of terminal acetylenes is 1. The molecule has 0 unspecified atom stereocenters. The highest BCUT2D eigenvalue weighted by molar-refractivity contribution is 4.82. The largest absolute Gasteiger partial charge is 0.367 e. The van der Waals surface area contributed by atoms with Gasteiger partial charge in [0.25, 0.3) is 5.92 Å². The van der Waals surface area contributed by atoms with E-state index in [1.54, 1.807) is 7.05 Å². The summed E-state index contributed by atoms with van der Waals surface area (Å²) in [7, 11) is 1.59. The molecule has 0 aliphatic rings. The van der Waals surface area contributed by atoms with Crippen LogP contribution in [0.3, 0.4) is 0 Å². The lowest BCUT2D eigenvalue weighted by Crippen LogP contribution is -2.41. The predicted molar refractivity (Wildman–Crippen MR) is 51.2 cm³/mol. The van der Waals surface area contributed by atoms with Gasteiger partial charge in [0.15, 0.2) is 0 Å². The van der Waals surface area contributed by atoms with E-state index in [1.165, 1.54) is 4.90 Å². The molecule has 0 atom stereocenters. The third kappa shape index (κ3) is 6.78. The van der Waals surface area contributed by atoms with E-state index < -0.39 is 12.5 Å². The van der Waals surface area contributed by atoms with Gasteiger partial charge in [-0.15, -0.1) is 6.42 Å². The second-order valence-electron chi connectivity index (χ2n) is 3.05. The van der Waals surface area contributed by atoms with Crippen LogP contribution >= 0.6 is 0 Å². The van der Waals surface area contributed by atoms with Gasteiger partial charge in [0.05, 0.1) is 19.7 Å². The van der Waals surface area contributed by atoms with E-state index in [2.05, 4.69) is 5.92 Å². The molecule has 0 aliphatic heterocycles. The number of nitrogens with zero attached hydrogens (tertiary/aromatic N) is 1. The Labute approximate surface area is 83.2 Å². The molecule has 0 aromatic carbocycles. The number of hydrogen-bond donors (Lipinski definition) is 1. The maximum Gasteiger partial charge on any atom is 0.272 e. The minimum Gasteiger partial charge on any atom is -0.367 e. The number of nitrogens with two attached hydrogens (primary N) is 1. The van der Waals surface area contributed by atoms with E-state index in [0.717, 1.165) is 0 Å². The SMILES string of the molecule is C#CCOCCN(C)CC(F)(F)CN. The summed E-state index contributed by atoms with van der Waals surface area (Å²) in [4.78, 5) is 1.46. The second-order valence-corrected chi connectivity index (χ2v) is 3.05. The van der Waals surface area contributed by atoms with E-state index in [0.29, 0.717) is 13.2 Å². The molecule has 0 aliphatic carbocycles. The first-order chi connectivity index (χ1) is 6.52. The van der Waals surface area contributed by atoms with Crippen LogP contribution in [0, 0.1) is 12.3 Å². The molecule has 14 heavy (non-hydrogen) atoms. The first kappa shape index (κ1) is 13.3. The van der Waals surface area contributed by atoms with Gasteiger partial charge in [0.2, 0.25) is 0 Å². The van der Waals surface area contributed by atoms with Crippen molar-refractivity contribution in [3.63, 3.8) is 0 Å². The number of rotatable bonds is 7. The zero-order valence-corrected chi connectivity index (χ0v) is 8.30. The number of ether oxygens (including phenoxy) is 1. The molecule has 0 bridgehead atoms. The van der Waals surface area contributed by atoms with Crippen molar-refractivity contribution in [2.45, 2.75) is 5.92 Å². The highest BCUT2D eigenvalue weighted by Crippen LogP contribution is 2.11. The minimum absolute atomic E-state index is 0.209. The lowest BCUT2D eigenvalue weighted by atomic mass is 10.3. The Morgan fingerprint density at radius 1 is 1.57 bits per heavy atom. The van der Waals surface area contributed by atoms with Crippen LogP contribution in [0.5, 0.6) is 0 Å². The van der Waals surface area contributed by atoms with Crippen LogP contribution in [0.1, 0.15) is 0 Å². The molecule has 0 aromatic heterocycles. The number of alkyl halides is 2. The van der Waals surface area contributed by atoms with Crippen LogP contribution in [0.15, 0.2) is 0 Å². The normalized spacial score (nSPS) is 11.7. The van der Waals surface area contributed by atoms with Crippen LogP contribution in [0.25, 0.3) is 0 Å². The fraction of sp³-hybridized carbons (Fsp3) is 0.778. The van der Waals surface area contributed by atoms with Gasteiger partial charge in [-0.1, -0.05) is 5.92 Å². The molecule has 0 radical (unpaired) electrons. The molecular weight excluding hydrogens is 190 g/mol. The quantitative estimate of drug-likeness (QED) is 0.476. The summed E-state index contributed by atoms with van der Waals surface area (Å²) in [6, 6.07) is 0. The Balaban J connectivity index is 3.56. The van der Waals surface area contributed by atoms with E-state index >= 15 is 0 Å². The molecule has 0 spiro atoms. The summed E-state index contributed by atoms with van der Waals surface area (Å²) >= 11 is 0. The smallest absolute Gasteiger partial charge is 0.272 e. The number of hydrogen-bond acceptors (Lipinski definition) is 3. The Hall–Kier alpha value is -0.700. The van der Waals surface area contributed by atoms with Crippen molar-refractivity contribution in [1.82, 2.24) is 4.90 Å². The molecular formula is C9H16F2N2O. The molecule has 0 aromatic rings. The van der Waals surface area contributed by atoms with Gasteiger partial charge in [-0.2, -0.15) is 0 Å². The van der Waals surface area contributed by atoms with Crippen molar-refractivity contribution < 1.29 is 13.5 Å². The zero-order valence-electron chi connectivity index (χ0n) is 8.30. The van der Waals surface area contributed by atoms with Gasteiger partial charge < -0.3 is 10.5 Å². The third-order valence-corrected chi connectivity index (χ3v) is 1.60. The van der Waals surface area contributed by atoms with Crippen molar-refractivity contribution >= 4 is 0 Å². The highest BCUT2D eigenvalue weighted by atomic mass is 19.3. The topological polar surface area (TPSA) is 38.5 Å². The van der Waals surface area contributed by atoms with Crippen molar-refractivity contribution in [2.75, 3.05) is 39.9 Å². The van der Waals surface area contributed by atoms with Crippen molar-refractivity contribution in [2.24, 2.45) is 5.73 Å². The summed E-state index contributed by atoms with van der Waals surface area (Å²) in [5, 5.41) is 0. The van der Waals surface area contributed by atoms with E-state index in [1.807, 2.05) is 0 Å². The Morgan fingerprint density at radius 3 is 2.71 bits per heavy atom. The van der Waals surface area contributed by atoms with Crippen LogP contribution in [0.4, 0.5) is 8.78 Å². The summed E-state index contributed by atoms with van der Waals surface area (Å²) in [5.74, 6) is -0.541. The predicted octanol–water partition coefficient (Wildman–Crippen LogP) is 0.162. The van der Waals surface area contributed by atoms with Crippen molar-refractivity contribution in [3.8, 4) is 12.3 Å². The number of likely N-dealkylation sites (N-methyl/N-ethyl adjacent to an activating group) is 1. The first-order valence-electron chi connectivity index (χ1n) is 4.29. The monoisotopic (exact) mass is 206 g/mol. The van der Waals surface area contributed by atoms with E-state index in [-0.39, 0.29) is 13.2 Å².